The lowest BCUT2D eigenvalue weighted by atomic mass is 9.92. The van der Waals surface area contributed by atoms with Crippen molar-refractivity contribution in [1.82, 2.24) is 9.80 Å². The first kappa shape index (κ1) is 13.0. The molecule has 0 radical (unpaired) electrons. The van der Waals surface area contributed by atoms with E-state index in [0.717, 1.165) is 44.4 Å². The molecule has 4 nitrogen and oxygen atoms in total. The van der Waals surface area contributed by atoms with Crippen molar-refractivity contribution in [3.8, 4) is 0 Å². The molecular weight excluding hydrogens is 238 g/mol. The van der Waals surface area contributed by atoms with Crippen LogP contribution in [0.4, 0.5) is 0 Å². The van der Waals surface area contributed by atoms with Crippen LogP contribution < -0.4 is 0 Å². The third kappa shape index (κ3) is 2.78. The Balaban J connectivity index is 1.63. The van der Waals surface area contributed by atoms with E-state index in [1.165, 1.54) is 18.4 Å². The summed E-state index contributed by atoms with van der Waals surface area (Å²) in [6, 6.07) is 0. The predicted molar refractivity (Wildman–Crippen MR) is 76.8 cm³/mol. The molecule has 2 fully saturated rings. The lowest BCUT2D eigenvalue weighted by Gasteiger charge is -2.39. The van der Waals surface area contributed by atoms with E-state index < -0.39 is 0 Å². The molecule has 0 spiro atoms. The van der Waals surface area contributed by atoms with Crippen molar-refractivity contribution in [1.29, 1.82) is 0 Å². The molecule has 4 heteroatoms. The van der Waals surface area contributed by atoms with Crippen molar-refractivity contribution in [3.63, 3.8) is 0 Å². The molecule has 1 saturated carbocycles. The van der Waals surface area contributed by atoms with E-state index in [4.69, 9.17) is 4.99 Å². The van der Waals surface area contributed by atoms with Crippen LogP contribution in [0.5, 0.6) is 0 Å². The topological polar surface area (TPSA) is 39.1 Å². The van der Waals surface area contributed by atoms with Crippen molar-refractivity contribution >= 4 is 5.96 Å². The van der Waals surface area contributed by atoms with Gasteiger partial charge in [0.15, 0.2) is 0 Å². The Morgan fingerprint density at radius 3 is 2.47 bits per heavy atom. The fraction of sp³-hybridized carbons (Fsp3) is 0.800. The van der Waals surface area contributed by atoms with E-state index in [2.05, 4.69) is 23.0 Å². The first-order chi connectivity index (χ1) is 9.15. The molecule has 0 amide bonds. The van der Waals surface area contributed by atoms with Crippen molar-refractivity contribution in [3.05, 3.63) is 11.8 Å². The van der Waals surface area contributed by atoms with Gasteiger partial charge in [0.2, 0.25) is 5.96 Å². The highest BCUT2D eigenvalue weighted by Gasteiger charge is 2.31. The average molecular weight is 263 g/mol. The van der Waals surface area contributed by atoms with Gasteiger partial charge in [-0.2, -0.15) is 0 Å². The maximum atomic E-state index is 9.66. The number of aliphatic imine (C=N–C) groups is 1. The number of hydrogen-bond donors (Lipinski definition) is 1. The molecule has 2 heterocycles. The highest BCUT2D eigenvalue weighted by Crippen LogP contribution is 2.37. The van der Waals surface area contributed by atoms with E-state index >= 15 is 0 Å². The van der Waals surface area contributed by atoms with E-state index in [1.807, 2.05) is 6.92 Å². The highest BCUT2D eigenvalue weighted by atomic mass is 16.3. The molecule has 3 rings (SSSR count). The zero-order chi connectivity index (χ0) is 13.4. The third-order valence-corrected chi connectivity index (χ3v) is 4.71. The van der Waals surface area contributed by atoms with Crippen LogP contribution in [-0.2, 0) is 0 Å². The van der Waals surface area contributed by atoms with Crippen molar-refractivity contribution in [2.45, 2.75) is 38.7 Å². The van der Waals surface area contributed by atoms with Crippen LogP contribution in [-0.4, -0.2) is 53.7 Å². The van der Waals surface area contributed by atoms with Gasteiger partial charge in [-0.15, -0.1) is 0 Å². The molecule has 0 aromatic carbocycles. The predicted octanol–water partition coefficient (Wildman–Crippen LogP) is 1.67. The van der Waals surface area contributed by atoms with Gasteiger partial charge >= 0.3 is 0 Å². The fourth-order valence-electron chi connectivity index (χ4n) is 3.22. The number of aliphatic hydroxyl groups excluding tert-OH is 1. The molecule has 106 valence electrons. The van der Waals surface area contributed by atoms with E-state index in [0.29, 0.717) is 5.92 Å². The van der Waals surface area contributed by atoms with Crippen LogP contribution in [0.2, 0.25) is 0 Å². The molecule has 0 aromatic heterocycles. The van der Waals surface area contributed by atoms with Gasteiger partial charge in [0, 0.05) is 32.9 Å². The summed E-state index contributed by atoms with van der Waals surface area (Å²) in [4.78, 5) is 9.35. The lowest BCUT2D eigenvalue weighted by molar-refractivity contribution is 0.0864. The Kier molecular flexibility index (Phi) is 3.52. The van der Waals surface area contributed by atoms with Crippen LogP contribution in [0.1, 0.15) is 32.6 Å². The summed E-state index contributed by atoms with van der Waals surface area (Å²) in [6.07, 6.45) is 6.78. The molecular formula is C15H25N3O. The van der Waals surface area contributed by atoms with Crippen LogP contribution in [0, 0.1) is 11.8 Å². The highest BCUT2D eigenvalue weighted by molar-refractivity contribution is 5.81. The Labute approximate surface area is 115 Å². The normalized spacial score (nSPS) is 27.1. The van der Waals surface area contributed by atoms with Gasteiger partial charge in [-0.3, -0.25) is 0 Å². The minimum atomic E-state index is -0.172. The van der Waals surface area contributed by atoms with Crippen molar-refractivity contribution in [2.24, 2.45) is 16.8 Å². The number of rotatable bonds is 2. The Morgan fingerprint density at radius 1 is 1.26 bits per heavy atom. The molecule has 0 bridgehead atoms. The quantitative estimate of drug-likeness (QED) is 0.824. The van der Waals surface area contributed by atoms with Gasteiger partial charge in [-0.05, 0) is 50.0 Å². The monoisotopic (exact) mass is 263 g/mol. The molecule has 0 aromatic rings. The lowest BCUT2D eigenvalue weighted by Crippen LogP contribution is -2.48. The molecule has 1 unspecified atom stereocenters. The number of aliphatic hydroxyl groups is 1. The van der Waals surface area contributed by atoms with Gasteiger partial charge in [0.1, 0.15) is 0 Å². The second-order valence-corrected chi connectivity index (χ2v) is 6.33. The smallest absolute Gasteiger partial charge is 0.201 e. The van der Waals surface area contributed by atoms with Crippen LogP contribution >= 0.6 is 0 Å². The Hall–Kier alpha value is -1.03. The van der Waals surface area contributed by atoms with Gasteiger partial charge in [-0.1, -0.05) is 0 Å². The summed E-state index contributed by atoms with van der Waals surface area (Å²) in [6.45, 7) is 4.99. The summed E-state index contributed by atoms with van der Waals surface area (Å²) in [7, 11) is 2.15. The minimum Gasteiger partial charge on any atom is -0.393 e. The Morgan fingerprint density at radius 2 is 1.95 bits per heavy atom. The summed E-state index contributed by atoms with van der Waals surface area (Å²) >= 11 is 0. The van der Waals surface area contributed by atoms with Crippen LogP contribution in [0.25, 0.3) is 0 Å². The fourth-order valence-corrected chi connectivity index (χ4v) is 3.22. The van der Waals surface area contributed by atoms with Crippen molar-refractivity contribution in [2.75, 3.05) is 26.7 Å². The standard InChI is InChI=1S/C15H25N3O/c1-11(19)12-5-7-18(8-6-12)15-16-9-14(10-17(15)2)13-3-4-13/h9,11-13,19H,3-8,10H2,1-2H3. The van der Waals surface area contributed by atoms with Crippen LogP contribution in [0.3, 0.4) is 0 Å². The molecule has 3 aliphatic rings. The zero-order valence-electron chi connectivity index (χ0n) is 12.0. The Bertz CT molecular complexity index is 390. The molecule has 2 aliphatic heterocycles. The third-order valence-electron chi connectivity index (χ3n) is 4.71. The number of piperidine rings is 1. The molecule has 1 atom stereocenters. The molecule has 1 N–H and O–H groups in total. The van der Waals surface area contributed by atoms with Gasteiger partial charge in [-0.25, -0.2) is 4.99 Å². The molecule has 1 saturated heterocycles. The number of likely N-dealkylation sites (tertiary alicyclic amines) is 1. The van der Waals surface area contributed by atoms with E-state index in [1.54, 1.807) is 0 Å². The second kappa shape index (κ2) is 5.16. The van der Waals surface area contributed by atoms with E-state index in [-0.39, 0.29) is 6.10 Å². The average Bonchev–Trinajstić information content (AvgIpc) is 3.23. The van der Waals surface area contributed by atoms with Gasteiger partial charge in [0.25, 0.3) is 0 Å². The summed E-state index contributed by atoms with van der Waals surface area (Å²) in [5.74, 6) is 2.39. The summed E-state index contributed by atoms with van der Waals surface area (Å²) < 4.78 is 0. The first-order valence-corrected chi connectivity index (χ1v) is 7.56. The maximum Gasteiger partial charge on any atom is 0.201 e. The number of guanidine groups is 1. The van der Waals surface area contributed by atoms with Gasteiger partial charge in [0.05, 0.1) is 6.10 Å². The number of nitrogens with zero attached hydrogens (tertiary/aromatic N) is 3. The molecule has 19 heavy (non-hydrogen) atoms. The van der Waals surface area contributed by atoms with Crippen molar-refractivity contribution < 1.29 is 5.11 Å². The summed E-state index contributed by atoms with van der Waals surface area (Å²) in [5, 5.41) is 9.66. The number of hydrogen-bond acceptors (Lipinski definition) is 4. The second-order valence-electron chi connectivity index (χ2n) is 6.33. The minimum absolute atomic E-state index is 0.172. The molecule has 1 aliphatic carbocycles. The maximum absolute atomic E-state index is 9.66. The van der Waals surface area contributed by atoms with Crippen LogP contribution in [0.15, 0.2) is 16.8 Å². The van der Waals surface area contributed by atoms with Gasteiger partial charge < -0.3 is 14.9 Å². The zero-order valence-corrected chi connectivity index (χ0v) is 12.0. The number of likely N-dealkylation sites (N-methyl/N-ethyl adjacent to an activating group) is 1. The largest absolute Gasteiger partial charge is 0.393 e. The first-order valence-electron chi connectivity index (χ1n) is 7.56. The van der Waals surface area contributed by atoms with E-state index in [9.17, 15) is 5.11 Å². The SMILES string of the molecule is CC(O)C1CCN(C2=NC=C(C3CC3)CN2C)CC1. The summed E-state index contributed by atoms with van der Waals surface area (Å²) in [5.41, 5.74) is 1.50.